The van der Waals surface area contributed by atoms with Gasteiger partial charge in [0.05, 0.1) is 10.2 Å². The number of halogens is 2. The maximum Gasteiger partial charge on any atom is 0.161 e. The molecular weight excluding hydrogens is 217 g/mol. The molecule has 0 aromatic heterocycles. The fourth-order valence-corrected chi connectivity index (χ4v) is 1.07. The van der Waals surface area contributed by atoms with Gasteiger partial charge in [0, 0.05) is 4.90 Å². The molecule has 0 radical (unpaired) electrons. The fraction of sp³-hybridized carbons (Fsp3) is 0. The van der Waals surface area contributed by atoms with Gasteiger partial charge in [-0.05, 0) is 28.1 Å². The lowest BCUT2D eigenvalue weighted by Gasteiger charge is -2.00. The molecular formula is C6H5BrFNS. The summed E-state index contributed by atoms with van der Waals surface area (Å²) >= 11 is 6.92. The third-order valence-corrected chi connectivity index (χ3v) is 2.11. The maximum absolute atomic E-state index is 12.8. The van der Waals surface area contributed by atoms with Crippen molar-refractivity contribution < 1.29 is 4.39 Å². The number of nitrogen functional groups attached to an aromatic ring is 1. The number of nitrogens with two attached hydrogens (primary N) is 1. The summed E-state index contributed by atoms with van der Waals surface area (Å²) in [7, 11) is 0. The zero-order valence-electron chi connectivity index (χ0n) is 4.94. The van der Waals surface area contributed by atoms with E-state index in [0.29, 0.717) is 9.37 Å². The van der Waals surface area contributed by atoms with E-state index in [0.717, 1.165) is 0 Å². The molecule has 0 aliphatic rings. The third kappa shape index (κ3) is 1.27. The Bertz CT molecular complexity index is 237. The van der Waals surface area contributed by atoms with Gasteiger partial charge in [-0.3, -0.25) is 0 Å². The normalized spacial score (nSPS) is 9.90. The van der Waals surface area contributed by atoms with Crippen LogP contribution in [-0.4, -0.2) is 0 Å². The minimum Gasteiger partial charge on any atom is -0.395 e. The highest BCUT2D eigenvalue weighted by Crippen LogP contribution is 2.26. The largest absolute Gasteiger partial charge is 0.395 e. The van der Waals surface area contributed by atoms with Crippen LogP contribution in [0.3, 0.4) is 0 Å². The van der Waals surface area contributed by atoms with Gasteiger partial charge in [-0.1, -0.05) is 0 Å². The standard InChI is InChI=1S/C6H5BrFNS/c7-3-1-2-4(10)6(9)5(3)8/h1-2,10H,9H2. The SMILES string of the molecule is Nc1c(S)ccc(Br)c1F. The summed E-state index contributed by atoms with van der Waals surface area (Å²) < 4.78 is 13.1. The molecule has 0 heterocycles. The number of rotatable bonds is 0. The van der Waals surface area contributed by atoms with E-state index in [9.17, 15) is 4.39 Å². The Morgan fingerprint density at radius 2 is 2.10 bits per heavy atom. The molecule has 0 fully saturated rings. The smallest absolute Gasteiger partial charge is 0.161 e. The average Bonchev–Trinajstić information content (AvgIpc) is 1.93. The second-order valence-electron chi connectivity index (χ2n) is 1.79. The van der Waals surface area contributed by atoms with Crippen molar-refractivity contribution in [2.24, 2.45) is 0 Å². The summed E-state index contributed by atoms with van der Waals surface area (Å²) in [6.45, 7) is 0. The highest BCUT2D eigenvalue weighted by atomic mass is 79.9. The summed E-state index contributed by atoms with van der Waals surface area (Å²) in [5, 5.41) is 0. The van der Waals surface area contributed by atoms with Gasteiger partial charge in [0.15, 0.2) is 5.82 Å². The van der Waals surface area contributed by atoms with Crippen LogP contribution in [0.5, 0.6) is 0 Å². The van der Waals surface area contributed by atoms with E-state index in [1.54, 1.807) is 12.1 Å². The number of benzene rings is 1. The fourth-order valence-electron chi connectivity index (χ4n) is 0.556. The lowest BCUT2D eigenvalue weighted by molar-refractivity contribution is 0.623. The van der Waals surface area contributed by atoms with Gasteiger partial charge in [0.2, 0.25) is 0 Å². The summed E-state index contributed by atoms with van der Waals surface area (Å²) in [4.78, 5) is 0.459. The van der Waals surface area contributed by atoms with Gasteiger partial charge in [-0.2, -0.15) is 0 Å². The molecule has 0 aliphatic heterocycles. The Kier molecular flexibility index (Phi) is 2.21. The van der Waals surface area contributed by atoms with Crippen LogP contribution in [0.4, 0.5) is 10.1 Å². The van der Waals surface area contributed by atoms with Crippen LogP contribution in [0.1, 0.15) is 0 Å². The van der Waals surface area contributed by atoms with Crippen LogP contribution < -0.4 is 5.73 Å². The molecule has 0 saturated heterocycles. The molecule has 1 aromatic rings. The third-order valence-electron chi connectivity index (χ3n) is 1.11. The van der Waals surface area contributed by atoms with Crippen LogP contribution in [0.2, 0.25) is 0 Å². The number of anilines is 1. The molecule has 0 atom stereocenters. The molecule has 0 unspecified atom stereocenters. The van der Waals surface area contributed by atoms with E-state index in [-0.39, 0.29) is 5.69 Å². The molecule has 0 spiro atoms. The van der Waals surface area contributed by atoms with Crippen molar-refractivity contribution in [1.29, 1.82) is 0 Å². The molecule has 10 heavy (non-hydrogen) atoms. The van der Waals surface area contributed by atoms with Crippen molar-refractivity contribution in [2.45, 2.75) is 4.90 Å². The van der Waals surface area contributed by atoms with E-state index >= 15 is 0 Å². The number of hydrogen-bond donors (Lipinski definition) is 2. The van der Waals surface area contributed by atoms with Crippen molar-refractivity contribution in [3.8, 4) is 0 Å². The zero-order valence-corrected chi connectivity index (χ0v) is 7.42. The first-order valence-electron chi connectivity index (χ1n) is 2.55. The quantitative estimate of drug-likeness (QED) is 0.511. The van der Waals surface area contributed by atoms with Gasteiger partial charge in [0.1, 0.15) is 0 Å². The average molecular weight is 222 g/mol. The van der Waals surface area contributed by atoms with Crippen molar-refractivity contribution in [3.63, 3.8) is 0 Å². The molecule has 1 rings (SSSR count). The van der Waals surface area contributed by atoms with Crippen LogP contribution in [0.25, 0.3) is 0 Å². The molecule has 0 bridgehead atoms. The molecule has 1 aromatic carbocycles. The van der Waals surface area contributed by atoms with E-state index in [2.05, 4.69) is 28.6 Å². The van der Waals surface area contributed by atoms with Crippen molar-refractivity contribution >= 4 is 34.2 Å². The topological polar surface area (TPSA) is 26.0 Å². The maximum atomic E-state index is 12.8. The van der Waals surface area contributed by atoms with Crippen LogP contribution in [0, 0.1) is 5.82 Å². The molecule has 0 saturated carbocycles. The first-order chi connectivity index (χ1) is 4.63. The number of hydrogen-bond acceptors (Lipinski definition) is 2. The van der Waals surface area contributed by atoms with Gasteiger partial charge < -0.3 is 5.73 Å². The van der Waals surface area contributed by atoms with Crippen molar-refractivity contribution in [3.05, 3.63) is 22.4 Å². The van der Waals surface area contributed by atoms with E-state index in [4.69, 9.17) is 5.73 Å². The summed E-state index contributed by atoms with van der Waals surface area (Å²) in [6.07, 6.45) is 0. The van der Waals surface area contributed by atoms with E-state index in [1.165, 1.54) is 0 Å². The lowest BCUT2D eigenvalue weighted by atomic mass is 10.3. The highest BCUT2D eigenvalue weighted by Gasteiger charge is 2.04. The minimum absolute atomic E-state index is 0.0812. The van der Waals surface area contributed by atoms with Gasteiger partial charge in [-0.25, -0.2) is 4.39 Å². The lowest BCUT2D eigenvalue weighted by Crippen LogP contribution is -1.92. The van der Waals surface area contributed by atoms with Crippen LogP contribution >= 0.6 is 28.6 Å². The molecule has 1 nitrogen and oxygen atoms in total. The van der Waals surface area contributed by atoms with E-state index in [1.807, 2.05) is 0 Å². The first kappa shape index (κ1) is 7.88. The predicted octanol–water partition coefficient (Wildman–Crippen LogP) is 2.46. The minimum atomic E-state index is -0.451. The zero-order chi connectivity index (χ0) is 7.72. The predicted molar refractivity (Wildman–Crippen MR) is 45.8 cm³/mol. The Balaban J connectivity index is 3.34. The Morgan fingerprint density at radius 1 is 1.50 bits per heavy atom. The van der Waals surface area contributed by atoms with Gasteiger partial charge in [0.25, 0.3) is 0 Å². The van der Waals surface area contributed by atoms with Crippen LogP contribution in [0.15, 0.2) is 21.5 Å². The van der Waals surface area contributed by atoms with Crippen molar-refractivity contribution in [1.82, 2.24) is 0 Å². The summed E-state index contributed by atoms with van der Waals surface area (Å²) in [6, 6.07) is 3.19. The number of thiol groups is 1. The second kappa shape index (κ2) is 2.80. The summed E-state index contributed by atoms with van der Waals surface area (Å²) in [5.74, 6) is -0.451. The Hall–Kier alpha value is -0.220. The molecule has 4 heteroatoms. The molecule has 0 amide bonds. The second-order valence-corrected chi connectivity index (χ2v) is 3.13. The molecule has 2 N–H and O–H groups in total. The van der Waals surface area contributed by atoms with Gasteiger partial charge >= 0.3 is 0 Å². The highest BCUT2D eigenvalue weighted by molar-refractivity contribution is 9.10. The summed E-state index contributed by atoms with van der Waals surface area (Å²) in [5.41, 5.74) is 5.38. The van der Waals surface area contributed by atoms with E-state index < -0.39 is 5.82 Å². The van der Waals surface area contributed by atoms with Crippen LogP contribution in [-0.2, 0) is 0 Å². The molecule has 54 valence electrons. The Labute approximate surface area is 72.0 Å². The monoisotopic (exact) mass is 221 g/mol. The van der Waals surface area contributed by atoms with Gasteiger partial charge in [-0.15, -0.1) is 12.6 Å². The first-order valence-corrected chi connectivity index (χ1v) is 3.79. The Morgan fingerprint density at radius 3 is 2.60 bits per heavy atom. The van der Waals surface area contributed by atoms with Crippen molar-refractivity contribution in [2.75, 3.05) is 5.73 Å². The molecule has 0 aliphatic carbocycles.